The highest BCUT2D eigenvalue weighted by atomic mass is 16.5. The van der Waals surface area contributed by atoms with Crippen molar-refractivity contribution in [2.24, 2.45) is 0 Å². The third-order valence-electron chi connectivity index (χ3n) is 2.95. The molecule has 4 heteroatoms. The molecule has 1 saturated heterocycles. The maximum Gasteiger partial charge on any atom is 0.0738 e. The zero-order chi connectivity index (χ0) is 10.7. The first-order valence-corrected chi connectivity index (χ1v) is 5.29. The number of rotatable bonds is 2. The molecule has 2 rings (SSSR count). The topological polar surface area (TPSA) is 51.4 Å². The number of nitrogen functional groups attached to an aromatic ring is 1. The fourth-order valence-electron chi connectivity index (χ4n) is 1.99. The Kier molecular flexibility index (Phi) is 3.06. The molecule has 0 atom stereocenters. The van der Waals surface area contributed by atoms with Gasteiger partial charge < -0.3 is 15.4 Å². The van der Waals surface area contributed by atoms with Gasteiger partial charge in [0.15, 0.2) is 0 Å². The second-order valence-corrected chi connectivity index (χ2v) is 3.89. The van der Waals surface area contributed by atoms with Gasteiger partial charge in [-0.25, -0.2) is 0 Å². The smallest absolute Gasteiger partial charge is 0.0738 e. The first-order valence-electron chi connectivity index (χ1n) is 5.29. The van der Waals surface area contributed by atoms with Crippen molar-refractivity contribution in [3.8, 4) is 0 Å². The molecule has 1 aromatic heterocycles. The summed E-state index contributed by atoms with van der Waals surface area (Å²) in [7, 11) is 2.08. The van der Waals surface area contributed by atoms with Gasteiger partial charge in [-0.2, -0.15) is 0 Å². The fraction of sp³-hybridized carbons (Fsp3) is 0.545. The number of nitrogens with zero attached hydrogens (tertiary/aromatic N) is 2. The number of ether oxygens (including phenoxy) is 1. The summed E-state index contributed by atoms with van der Waals surface area (Å²) < 4.78 is 5.35. The van der Waals surface area contributed by atoms with Gasteiger partial charge >= 0.3 is 0 Å². The van der Waals surface area contributed by atoms with Crippen LogP contribution in [-0.4, -0.2) is 31.3 Å². The molecular weight excluding hydrogens is 190 g/mol. The molecule has 2 N–H and O–H groups in total. The average Bonchev–Trinajstić information content (AvgIpc) is 2.30. The lowest BCUT2D eigenvalue weighted by Crippen LogP contribution is -2.37. The molecule has 1 fully saturated rings. The molecule has 4 nitrogen and oxygen atoms in total. The Morgan fingerprint density at radius 1 is 1.47 bits per heavy atom. The van der Waals surface area contributed by atoms with Gasteiger partial charge in [-0.3, -0.25) is 4.98 Å². The largest absolute Gasteiger partial charge is 0.396 e. The summed E-state index contributed by atoms with van der Waals surface area (Å²) in [6, 6.07) is 2.49. The Hall–Kier alpha value is -1.29. The molecular formula is C11H17N3O. The van der Waals surface area contributed by atoms with Crippen LogP contribution >= 0.6 is 0 Å². The molecule has 1 aromatic rings. The van der Waals surface area contributed by atoms with Gasteiger partial charge in [-0.1, -0.05) is 0 Å². The molecule has 0 aromatic carbocycles. The second-order valence-electron chi connectivity index (χ2n) is 3.89. The molecule has 15 heavy (non-hydrogen) atoms. The molecule has 0 bridgehead atoms. The SMILES string of the molecule is CN(c1ccncc1N)C1CCOCC1. The van der Waals surface area contributed by atoms with E-state index in [2.05, 4.69) is 16.9 Å². The molecule has 1 aliphatic rings. The van der Waals surface area contributed by atoms with E-state index in [0.29, 0.717) is 6.04 Å². The summed E-state index contributed by atoms with van der Waals surface area (Å²) in [4.78, 5) is 6.23. The normalized spacial score (nSPS) is 17.7. The summed E-state index contributed by atoms with van der Waals surface area (Å²) in [5.41, 5.74) is 7.70. The lowest BCUT2D eigenvalue weighted by atomic mass is 10.1. The van der Waals surface area contributed by atoms with E-state index in [0.717, 1.165) is 37.4 Å². The highest BCUT2D eigenvalue weighted by Crippen LogP contribution is 2.25. The predicted molar refractivity (Wildman–Crippen MR) is 60.9 cm³/mol. The van der Waals surface area contributed by atoms with E-state index in [-0.39, 0.29) is 0 Å². The highest BCUT2D eigenvalue weighted by Gasteiger charge is 2.19. The Balaban J connectivity index is 2.12. The number of pyridine rings is 1. The molecule has 0 unspecified atom stereocenters. The quantitative estimate of drug-likeness (QED) is 0.793. The van der Waals surface area contributed by atoms with Gasteiger partial charge in [-0.15, -0.1) is 0 Å². The molecule has 1 aliphatic heterocycles. The van der Waals surface area contributed by atoms with Crippen molar-refractivity contribution in [1.29, 1.82) is 0 Å². The summed E-state index contributed by atoms with van der Waals surface area (Å²) in [5.74, 6) is 0. The maximum absolute atomic E-state index is 5.89. The summed E-state index contributed by atoms with van der Waals surface area (Å²) in [5, 5.41) is 0. The van der Waals surface area contributed by atoms with E-state index in [9.17, 15) is 0 Å². The Labute approximate surface area is 90.0 Å². The third kappa shape index (κ3) is 2.21. The first-order chi connectivity index (χ1) is 7.29. The summed E-state index contributed by atoms with van der Waals surface area (Å²) in [6.45, 7) is 1.69. The molecule has 0 amide bonds. The van der Waals surface area contributed by atoms with E-state index < -0.39 is 0 Å². The Morgan fingerprint density at radius 2 is 2.20 bits per heavy atom. The van der Waals surface area contributed by atoms with E-state index in [1.54, 1.807) is 12.4 Å². The lowest BCUT2D eigenvalue weighted by Gasteiger charge is -2.33. The van der Waals surface area contributed by atoms with Crippen molar-refractivity contribution in [2.75, 3.05) is 30.9 Å². The van der Waals surface area contributed by atoms with E-state index >= 15 is 0 Å². The zero-order valence-electron chi connectivity index (χ0n) is 9.02. The summed E-state index contributed by atoms with van der Waals surface area (Å²) in [6.07, 6.45) is 5.61. The monoisotopic (exact) mass is 207 g/mol. The predicted octanol–water partition coefficient (Wildman–Crippen LogP) is 1.28. The lowest BCUT2D eigenvalue weighted by molar-refractivity contribution is 0.0855. The van der Waals surface area contributed by atoms with Crippen molar-refractivity contribution in [2.45, 2.75) is 18.9 Å². The van der Waals surface area contributed by atoms with Crippen molar-refractivity contribution >= 4 is 11.4 Å². The van der Waals surface area contributed by atoms with Gasteiger partial charge in [0.1, 0.15) is 0 Å². The van der Waals surface area contributed by atoms with Crippen LogP contribution in [0.4, 0.5) is 11.4 Å². The van der Waals surface area contributed by atoms with Crippen LogP contribution in [0.15, 0.2) is 18.5 Å². The fourth-order valence-corrected chi connectivity index (χ4v) is 1.99. The maximum atomic E-state index is 5.89. The number of anilines is 2. The van der Waals surface area contributed by atoms with E-state index in [1.807, 2.05) is 6.07 Å². The van der Waals surface area contributed by atoms with Crippen LogP contribution in [-0.2, 0) is 4.74 Å². The van der Waals surface area contributed by atoms with Crippen LogP contribution < -0.4 is 10.6 Å². The molecule has 82 valence electrons. The van der Waals surface area contributed by atoms with Crippen molar-refractivity contribution in [3.63, 3.8) is 0 Å². The molecule has 0 radical (unpaired) electrons. The zero-order valence-corrected chi connectivity index (χ0v) is 9.02. The van der Waals surface area contributed by atoms with E-state index in [1.165, 1.54) is 0 Å². The minimum absolute atomic E-state index is 0.531. The number of aromatic nitrogens is 1. The Morgan fingerprint density at radius 3 is 2.87 bits per heavy atom. The molecule has 0 spiro atoms. The van der Waals surface area contributed by atoms with E-state index in [4.69, 9.17) is 10.5 Å². The molecule has 0 aliphatic carbocycles. The third-order valence-corrected chi connectivity index (χ3v) is 2.95. The van der Waals surface area contributed by atoms with Crippen LogP contribution in [0.3, 0.4) is 0 Å². The van der Waals surface area contributed by atoms with Crippen LogP contribution in [0, 0.1) is 0 Å². The number of hydrogen-bond donors (Lipinski definition) is 1. The Bertz CT molecular complexity index is 323. The second kappa shape index (κ2) is 4.49. The number of nitrogens with two attached hydrogens (primary N) is 1. The van der Waals surface area contributed by atoms with Crippen LogP contribution in [0.1, 0.15) is 12.8 Å². The number of hydrogen-bond acceptors (Lipinski definition) is 4. The van der Waals surface area contributed by atoms with Crippen molar-refractivity contribution in [3.05, 3.63) is 18.5 Å². The molecule has 0 saturated carbocycles. The van der Waals surface area contributed by atoms with Gasteiger partial charge in [0.2, 0.25) is 0 Å². The molecule has 2 heterocycles. The van der Waals surface area contributed by atoms with Crippen molar-refractivity contribution < 1.29 is 4.74 Å². The average molecular weight is 207 g/mol. The van der Waals surface area contributed by atoms with Crippen LogP contribution in [0.5, 0.6) is 0 Å². The van der Waals surface area contributed by atoms with Gasteiger partial charge in [0, 0.05) is 32.5 Å². The van der Waals surface area contributed by atoms with Gasteiger partial charge in [0.25, 0.3) is 0 Å². The van der Waals surface area contributed by atoms with Gasteiger partial charge in [-0.05, 0) is 18.9 Å². The minimum atomic E-state index is 0.531. The van der Waals surface area contributed by atoms with Crippen molar-refractivity contribution in [1.82, 2.24) is 4.98 Å². The van der Waals surface area contributed by atoms with Crippen LogP contribution in [0.25, 0.3) is 0 Å². The first kappa shape index (κ1) is 10.2. The standard InChI is InChI=1S/C11H17N3O/c1-14(9-3-6-15-7-4-9)11-2-5-13-8-10(11)12/h2,5,8-9H,3-4,6-7,12H2,1H3. The van der Waals surface area contributed by atoms with Gasteiger partial charge in [0.05, 0.1) is 17.6 Å². The minimum Gasteiger partial charge on any atom is -0.396 e. The highest BCUT2D eigenvalue weighted by molar-refractivity contribution is 5.66. The van der Waals surface area contributed by atoms with Crippen LogP contribution in [0.2, 0.25) is 0 Å². The summed E-state index contributed by atoms with van der Waals surface area (Å²) >= 11 is 0.